The Morgan fingerprint density at radius 3 is 0.926 bits per heavy atom. The minimum atomic E-state index is -1.98. The van der Waals surface area contributed by atoms with Crippen LogP contribution in [0.3, 0.4) is 0 Å². The van der Waals surface area contributed by atoms with E-state index >= 15 is 0 Å². The van der Waals surface area contributed by atoms with Crippen LogP contribution in [0.25, 0.3) is 0 Å². The van der Waals surface area contributed by atoms with E-state index in [1.807, 2.05) is 6.08 Å². The molecule has 636 valence electrons. The summed E-state index contributed by atoms with van der Waals surface area (Å²) in [4.78, 5) is 13.5. The van der Waals surface area contributed by atoms with Crippen molar-refractivity contribution in [2.45, 2.75) is 497 Å². The molecule has 19 heteroatoms. The number of hydrogen-bond acceptors (Lipinski definition) is 18. The van der Waals surface area contributed by atoms with Crippen LogP contribution < -0.4 is 5.32 Å². The van der Waals surface area contributed by atoms with E-state index in [1.165, 1.54) is 315 Å². The van der Waals surface area contributed by atoms with Gasteiger partial charge in [-0.3, -0.25) is 4.79 Å². The Morgan fingerprint density at radius 1 is 0.324 bits per heavy atom. The Hall–Kier alpha value is -1.99. The molecule has 3 aliphatic rings. The number of carbonyl (C=O) groups excluding carboxylic acids is 1. The predicted octanol–water partition coefficient (Wildman–Crippen LogP) is 17.0. The van der Waals surface area contributed by atoms with Crippen molar-refractivity contribution in [2.75, 3.05) is 26.4 Å². The lowest BCUT2D eigenvalue weighted by Crippen LogP contribution is -2.66. The van der Waals surface area contributed by atoms with Gasteiger partial charge in [-0.1, -0.05) is 378 Å². The first-order valence-corrected chi connectivity index (χ1v) is 45.2. The van der Waals surface area contributed by atoms with Crippen LogP contribution in [0.2, 0.25) is 0 Å². The molecule has 3 heterocycles. The van der Waals surface area contributed by atoms with E-state index in [-0.39, 0.29) is 18.9 Å². The van der Waals surface area contributed by atoms with Crippen molar-refractivity contribution in [1.82, 2.24) is 5.32 Å². The van der Waals surface area contributed by atoms with E-state index in [0.29, 0.717) is 12.8 Å². The molecule has 0 spiro atoms. The summed E-state index contributed by atoms with van der Waals surface area (Å²) >= 11 is 0. The zero-order valence-corrected chi connectivity index (χ0v) is 68.6. The molecule has 0 aliphatic carbocycles. The van der Waals surface area contributed by atoms with Gasteiger partial charge in [0.2, 0.25) is 5.91 Å². The smallest absolute Gasteiger partial charge is 0.220 e. The van der Waals surface area contributed by atoms with Crippen molar-refractivity contribution in [2.24, 2.45) is 0 Å². The topological polar surface area (TPSA) is 307 Å². The molecule has 0 aromatic carbocycles. The summed E-state index contributed by atoms with van der Waals surface area (Å²) < 4.78 is 34.5. The van der Waals surface area contributed by atoms with Crippen LogP contribution in [0.1, 0.15) is 393 Å². The lowest BCUT2D eigenvalue weighted by atomic mass is 9.96. The zero-order chi connectivity index (χ0) is 78.1. The van der Waals surface area contributed by atoms with Crippen molar-refractivity contribution in [3.8, 4) is 0 Å². The molecule has 1 amide bonds. The number of aliphatic hydroxyl groups is 11. The highest BCUT2D eigenvalue weighted by Gasteiger charge is 2.54. The van der Waals surface area contributed by atoms with Crippen LogP contribution in [0.15, 0.2) is 36.5 Å². The fourth-order valence-corrected chi connectivity index (χ4v) is 15.5. The molecule has 17 unspecified atom stereocenters. The number of hydrogen-bond donors (Lipinski definition) is 12. The molecular weight excluding hydrogens is 1370 g/mol. The van der Waals surface area contributed by atoms with Crippen molar-refractivity contribution in [3.05, 3.63) is 36.5 Å². The maximum absolute atomic E-state index is 13.5. The van der Waals surface area contributed by atoms with E-state index in [2.05, 4.69) is 43.5 Å². The summed E-state index contributed by atoms with van der Waals surface area (Å²) in [7, 11) is 0. The molecule has 0 aromatic rings. The predicted molar refractivity (Wildman–Crippen MR) is 434 cm³/mol. The summed E-state index contributed by atoms with van der Waals surface area (Å²) in [6.45, 7) is 1.78. The minimum Gasteiger partial charge on any atom is -0.394 e. The second-order valence-corrected chi connectivity index (χ2v) is 32.4. The van der Waals surface area contributed by atoms with E-state index in [4.69, 9.17) is 28.4 Å². The van der Waals surface area contributed by atoms with Gasteiger partial charge in [0.25, 0.3) is 0 Å². The monoisotopic (exact) mass is 1540 g/mol. The molecule has 0 bridgehead atoms. The lowest BCUT2D eigenvalue weighted by molar-refractivity contribution is -0.379. The quantitative estimate of drug-likeness (QED) is 0.0199. The first kappa shape index (κ1) is 100. The van der Waals surface area contributed by atoms with Gasteiger partial charge >= 0.3 is 0 Å². The number of allylic oxidation sites excluding steroid dienone is 5. The number of unbranched alkanes of at least 4 members (excludes halogenated alkanes) is 54. The highest BCUT2D eigenvalue weighted by atomic mass is 16.8. The van der Waals surface area contributed by atoms with Gasteiger partial charge in [-0.15, -0.1) is 0 Å². The fraction of sp³-hybridized carbons (Fsp3) is 0.921. The van der Waals surface area contributed by atoms with Gasteiger partial charge < -0.3 is 89.9 Å². The normalized spacial score (nSPS) is 25.5. The first-order chi connectivity index (χ1) is 52.8. The molecule has 3 fully saturated rings. The third-order valence-corrected chi connectivity index (χ3v) is 22.7. The average molecular weight is 1540 g/mol. The van der Waals surface area contributed by atoms with Gasteiger partial charge in [0, 0.05) is 6.42 Å². The number of nitrogens with one attached hydrogen (secondary N) is 1. The van der Waals surface area contributed by atoms with Crippen molar-refractivity contribution >= 4 is 5.91 Å². The summed E-state index contributed by atoms with van der Waals surface area (Å²) in [5.41, 5.74) is 0. The van der Waals surface area contributed by atoms with Gasteiger partial charge in [-0.25, -0.2) is 0 Å². The largest absolute Gasteiger partial charge is 0.394 e. The van der Waals surface area contributed by atoms with Crippen LogP contribution in [0.4, 0.5) is 0 Å². The maximum atomic E-state index is 13.5. The molecule has 0 aromatic heterocycles. The van der Waals surface area contributed by atoms with Crippen LogP contribution in [-0.4, -0.2) is 193 Å². The van der Waals surface area contributed by atoms with E-state index in [9.17, 15) is 61.0 Å². The Labute approximate surface area is 657 Å². The van der Waals surface area contributed by atoms with Crippen molar-refractivity contribution in [1.29, 1.82) is 0 Å². The SMILES string of the molecule is CCCCCCCCCCCCCCCC/C=C/CC/C=C/CC/C=C/C(O)C(COC1OC(CO)C(OC2OC(CO)C(OC3OC(CO)C(O)C(O)C3O)C(O)C2O)C(O)C1O)NC(=O)CCCCCCCCCCCCCCCCCCCCCCCCCCCCCCCCCCCCCCCCC. The molecule has 3 saturated heterocycles. The molecule has 0 radical (unpaired) electrons. The van der Waals surface area contributed by atoms with Crippen LogP contribution in [-0.2, 0) is 33.2 Å². The Balaban J connectivity index is 1.31. The highest BCUT2D eigenvalue weighted by Crippen LogP contribution is 2.34. The van der Waals surface area contributed by atoms with Crippen molar-refractivity contribution < 1.29 is 89.4 Å². The van der Waals surface area contributed by atoms with Crippen LogP contribution >= 0.6 is 0 Å². The Morgan fingerprint density at radius 2 is 0.593 bits per heavy atom. The maximum Gasteiger partial charge on any atom is 0.220 e. The second kappa shape index (κ2) is 69.3. The molecular formula is C89H167NO18. The van der Waals surface area contributed by atoms with Gasteiger partial charge in [0.15, 0.2) is 18.9 Å². The summed E-state index contributed by atoms with van der Waals surface area (Å²) in [5, 5.41) is 121. The molecule has 3 rings (SSSR count). The number of carbonyl (C=O) groups is 1. The third kappa shape index (κ3) is 47.8. The summed E-state index contributed by atoms with van der Waals surface area (Å²) in [6, 6.07) is -0.997. The number of ether oxygens (including phenoxy) is 6. The highest BCUT2D eigenvalue weighted by molar-refractivity contribution is 5.76. The Bertz CT molecular complexity index is 2090. The molecule has 19 nitrogen and oxygen atoms in total. The van der Waals surface area contributed by atoms with Crippen LogP contribution in [0, 0.1) is 0 Å². The third-order valence-electron chi connectivity index (χ3n) is 22.7. The molecule has 3 aliphatic heterocycles. The molecule has 17 atom stereocenters. The number of rotatable bonds is 74. The lowest BCUT2D eigenvalue weighted by Gasteiger charge is -2.48. The summed E-state index contributed by atoms with van der Waals surface area (Å²) in [5.74, 6) is -0.281. The average Bonchev–Trinajstić information content (AvgIpc) is 0.779. The summed E-state index contributed by atoms with van der Waals surface area (Å²) in [6.07, 6.45) is 61.8. The first-order valence-electron chi connectivity index (χ1n) is 45.2. The second-order valence-electron chi connectivity index (χ2n) is 32.4. The Kier molecular flexibility index (Phi) is 64.3. The minimum absolute atomic E-state index is 0.237. The molecule has 0 saturated carbocycles. The van der Waals surface area contributed by atoms with Crippen LogP contribution in [0.5, 0.6) is 0 Å². The van der Waals surface area contributed by atoms with Gasteiger partial charge in [-0.05, 0) is 44.9 Å². The van der Waals surface area contributed by atoms with E-state index in [1.54, 1.807) is 6.08 Å². The van der Waals surface area contributed by atoms with Gasteiger partial charge in [0.05, 0.1) is 38.6 Å². The number of amides is 1. The zero-order valence-electron chi connectivity index (χ0n) is 68.6. The number of aliphatic hydroxyl groups excluding tert-OH is 11. The fourth-order valence-electron chi connectivity index (χ4n) is 15.5. The van der Waals surface area contributed by atoms with E-state index in [0.717, 1.165) is 44.9 Å². The van der Waals surface area contributed by atoms with Crippen molar-refractivity contribution in [3.63, 3.8) is 0 Å². The molecule has 108 heavy (non-hydrogen) atoms. The van der Waals surface area contributed by atoms with E-state index < -0.39 is 124 Å². The standard InChI is InChI=1S/C89H167NO18/c1-3-5-7-9-11-13-15-17-19-21-23-25-27-29-30-31-32-33-34-35-36-37-38-39-40-41-42-43-45-47-49-51-53-55-57-59-61-63-65-67-77(95)90-72(73(94)66-64-62-60-58-56-54-52-50-48-46-44-28-26-24-22-20-18-16-14-12-10-8-6-4-2)71-103-87-83(101)80(98)85(75(69-92)105-87)108-89-84(102)81(99)86(76(70-93)106-89)107-88-82(100)79(97)78(96)74(68-91)104-88/h48,50,56,58,64,66,72-76,78-89,91-94,96-102H,3-47,49,51-55,57,59-63,65,67-71H2,1-2H3,(H,90,95)/b50-48+,58-56+,66-64+. The molecule has 12 N–H and O–H groups in total. The van der Waals surface area contributed by atoms with Gasteiger partial charge in [-0.2, -0.15) is 0 Å². The van der Waals surface area contributed by atoms with Gasteiger partial charge in [0.1, 0.15) is 73.2 Å².